The number of ether oxygens (including phenoxy) is 1. The van der Waals surface area contributed by atoms with Crippen LogP contribution in [-0.4, -0.2) is 39.1 Å². The largest absolute Gasteiger partial charge is 0.376 e. The Morgan fingerprint density at radius 2 is 2.25 bits per heavy atom. The molecule has 1 aliphatic rings. The molecule has 9 heteroatoms. The predicted octanol–water partition coefficient (Wildman–Crippen LogP) is 1.62. The molecule has 0 bridgehead atoms. The average molecular weight is 352 g/mol. The van der Waals surface area contributed by atoms with E-state index in [9.17, 15) is 14.0 Å². The first-order valence-electron chi connectivity index (χ1n) is 7.57. The molecule has 3 rings (SSSR count). The molecular formula is C15H17FN4O3S. The molecule has 0 saturated carbocycles. The topological polar surface area (TPSA) is 89.0 Å². The summed E-state index contributed by atoms with van der Waals surface area (Å²) in [6.45, 7) is 1.14. The Kier molecular flexibility index (Phi) is 5.31. The van der Waals surface area contributed by atoms with E-state index < -0.39 is 0 Å². The Morgan fingerprint density at radius 3 is 2.96 bits per heavy atom. The standard InChI is InChI=1S/C15H17FN4O3S/c16-10-3-5-11(6-4-10)17-13(21)9-24-15-19-18-14(22)20(15)8-12-2-1-7-23-12/h3-6,12H,1-2,7-9H2,(H,17,21)(H,18,22)/t12-/m0/s1. The minimum absolute atomic E-state index is 0.00712. The number of thioether (sulfide) groups is 1. The number of hydrogen-bond acceptors (Lipinski definition) is 5. The first-order valence-corrected chi connectivity index (χ1v) is 8.55. The number of nitrogens with one attached hydrogen (secondary N) is 2. The van der Waals surface area contributed by atoms with Crippen molar-refractivity contribution in [3.63, 3.8) is 0 Å². The molecule has 1 saturated heterocycles. The minimum Gasteiger partial charge on any atom is -0.376 e. The Bertz CT molecular complexity index is 753. The normalized spacial score (nSPS) is 17.1. The lowest BCUT2D eigenvalue weighted by Crippen LogP contribution is -2.25. The quantitative estimate of drug-likeness (QED) is 0.771. The molecule has 0 unspecified atom stereocenters. The number of carbonyl (C=O) groups excluding carboxylic acids is 1. The van der Waals surface area contributed by atoms with E-state index in [0.29, 0.717) is 24.0 Å². The fraction of sp³-hybridized carbons (Fsp3) is 0.400. The van der Waals surface area contributed by atoms with Crippen molar-refractivity contribution in [1.82, 2.24) is 14.8 Å². The number of anilines is 1. The number of benzene rings is 1. The first-order chi connectivity index (χ1) is 11.6. The van der Waals surface area contributed by atoms with Crippen molar-refractivity contribution in [2.45, 2.75) is 30.6 Å². The van der Waals surface area contributed by atoms with E-state index in [0.717, 1.165) is 24.6 Å². The van der Waals surface area contributed by atoms with Crippen molar-refractivity contribution in [2.24, 2.45) is 0 Å². The highest BCUT2D eigenvalue weighted by Crippen LogP contribution is 2.18. The highest BCUT2D eigenvalue weighted by atomic mass is 32.2. The van der Waals surface area contributed by atoms with Crippen LogP contribution in [-0.2, 0) is 16.1 Å². The van der Waals surface area contributed by atoms with Crippen LogP contribution in [0.25, 0.3) is 0 Å². The van der Waals surface area contributed by atoms with Gasteiger partial charge in [-0.1, -0.05) is 11.8 Å². The molecule has 0 radical (unpaired) electrons. The van der Waals surface area contributed by atoms with E-state index in [1.54, 1.807) is 0 Å². The maximum absolute atomic E-state index is 12.8. The molecule has 7 nitrogen and oxygen atoms in total. The van der Waals surface area contributed by atoms with Crippen molar-refractivity contribution >= 4 is 23.4 Å². The Labute approximate surface area is 141 Å². The van der Waals surface area contributed by atoms with Crippen LogP contribution in [0.4, 0.5) is 10.1 Å². The van der Waals surface area contributed by atoms with Crippen molar-refractivity contribution in [1.29, 1.82) is 0 Å². The van der Waals surface area contributed by atoms with E-state index in [2.05, 4.69) is 15.5 Å². The zero-order valence-corrected chi connectivity index (χ0v) is 13.6. The maximum atomic E-state index is 12.8. The summed E-state index contributed by atoms with van der Waals surface area (Å²) in [5, 5.41) is 9.46. The molecule has 1 aromatic heterocycles. The van der Waals surface area contributed by atoms with Crippen molar-refractivity contribution in [2.75, 3.05) is 17.7 Å². The molecular weight excluding hydrogens is 335 g/mol. The Morgan fingerprint density at radius 1 is 1.46 bits per heavy atom. The molecule has 1 atom stereocenters. The minimum atomic E-state index is -0.364. The molecule has 1 amide bonds. The van der Waals surface area contributed by atoms with Gasteiger partial charge in [-0.2, -0.15) is 0 Å². The van der Waals surface area contributed by atoms with Crippen molar-refractivity contribution < 1.29 is 13.9 Å². The average Bonchev–Trinajstić information content (AvgIpc) is 3.19. The number of aromatic nitrogens is 3. The Balaban J connectivity index is 1.57. The van der Waals surface area contributed by atoms with Crippen molar-refractivity contribution in [3.05, 3.63) is 40.6 Å². The lowest BCUT2D eigenvalue weighted by molar-refractivity contribution is -0.113. The summed E-state index contributed by atoms with van der Waals surface area (Å²) < 4.78 is 19.9. The molecule has 2 heterocycles. The molecule has 2 N–H and O–H groups in total. The molecule has 128 valence electrons. The number of carbonyl (C=O) groups is 1. The highest BCUT2D eigenvalue weighted by Gasteiger charge is 2.20. The lowest BCUT2D eigenvalue weighted by atomic mass is 10.2. The second-order valence-electron chi connectivity index (χ2n) is 5.40. The third-order valence-electron chi connectivity index (χ3n) is 3.59. The third-order valence-corrected chi connectivity index (χ3v) is 4.57. The number of rotatable bonds is 6. The van der Waals surface area contributed by atoms with Gasteiger partial charge >= 0.3 is 5.69 Å². The molecule has 1 fully saturated rings. The molecule has 2 aromatic rings. The number of H-pyrrole nitrogens is 1. The molecule has 24 heavy (non-hydrogen) atoms. The number of nitrogens with zero attached hydrogens (tertiary/aromatic N) is 2. The summed E-state index contributed by atoms with van der Waals surface area (Å²) in [6, 6.07) is 5.52. The smallest absolute Gasteiger partial charge is 0.344 e. The Hall–Kier alpha value is -2.13. The van der Waals surface area contributed by atoms with Gasteiger partial charge in [0.25, 0.3) is 0 Å². The van der Waals surface area contributed by atoms with E-state index in [1.165, 1.54) is 28.8 Å². The summed E-state index contributed by atoms with van der Waals surface area (Å²) in [6.07, 6.45) is 1.90. The molecule has 1 aromatic carbocycles. The van der Waals surface area contributed by atoms with E-state index >= 15 is 0 Å². The number of halogens is 1. The first kappa shape index (κ1) is 16.7. The van der Waals surface area contributed by atoms with Crippen LogP contribution in [0.15, 0.2) is 34.2 Å². The van der Waals surface area contributed by atoms with Gasteiger partial charge in [0.2, 0.25) is 5.91 Å². The van der Waals surface area contributed by atoms with Gasteiger partial charge in [-0.25, -0.2) is 14.3 Å². The van der Waals surface area contributed by atoms with Gasteiger partial charge < -0.3 is 10.1 Å². The van der Waals surface area contributed by atoms with E-state index in [4.69, 9.17) is 4.74 Å². The predicted molar refractivity (Wildman–Crippen MR) is 87.6 cm³/mol. The van der Waals surface area contributed by atoms with Crippen LogP contribution < -0.4 is 11.0 Å². The monoisotopic (exact) mass is 352 g/mol. The molecule has 0 aliphatic carbocycles. The van der Waals surface area contributed by atoms with E-state index in [-0.39, 0.29) is 29.3 Å². The summed E-state index contributed by atoms with van der Waals surface area (Å²) in [5.74, 6) is -0.532. The molecule has 1 aliphatic heterocycles. The van der Waals surface area contributed by atoms with Gasteiger partial charge in [-0.3, -0.25) is 9.36 Å². The highest BCUT2D eigenvalue weighted by molar-refractivity contribution is 7.99. The summed E-state index contributed by atoms with van der Waals surface area (Å²) in [5.41, 5.74) is 0.202. The lowest BCUT2D eigenvalue weighted by Gasteiger charge is -2.11. The van der Waals surface area contributed by atoms with Crippen molar-refractivity contribution in [3.8, 4) is 0 Å². The zero-order chi connectivity index (χ0) is 16.9. The summed E-state index contributed by atoms with van der Waals surface area (Å²) in [7, 11) is 0. The van der Waals surface area contributed by atoms with Gasteiger partial charge in [-0.15, -0.1) is 5.10 Å². The van der Waals surface area contributed by atoms with Gasteiger partial charge in [-0.05, 0) is 37.1 Å². The number of hydrogen-bond donors (Lipinski definition) is 2. The van der Waals surface area contributed by atoms with Gasteiger partial charge in [0, 0.05) is 12.3 Å². The SMILES string of the molecule is O=C(CSc1n[nH]c(=O)n1C[C@@H]1CCCO1)Nc1ccc(F)cc1. The summed E-state index contributed by atoms with van der Waals surface area (Å²) >= 11 is 1.16. The van der Waals surface area contributed by atoms with Gasteiger partial charge in [0.15, 0.2) is 5.16 Å². The van der Waals surface area contributed by atoms with Crippen LogP contribution in [0, 0.1) is 5.82 Å². The zero-order valence-electron chi connectivity index (χ0n) is 12.8. The fourth-order valence-electron chi connectivity index (χ4n) is 2.43. The van der Waals surface area contributed by atoms with Gasteiger partial charge in [0.1, 0.15) is 5.82 Å². The number of amides is 1. The second-order valence-corrected chi connectivity index (χ2v) is 6.34. The fourth-order valence-corrected chi connectivity index (χ4v) is 3.18. The van der Waals surface area contributed by atoms with Gasteiger partial charge in [0.05, 0.1) is 18.4 Å². The van der Waals surface area contributed by atoms with Crippen LogP contribution in [0.1, 0.15) is 12.8 Å². The van der Waals surface area contributed by atoms with Crippen LogP contribution in [0.2, 0.25) is 0 Å². The third kappa shape index (κ3) is 4.24. The van der Waals surface area contributed by atoms with Crippen LogP contribution >= 0.6 is 11.8 Å². The number of aromatic amines is 1. The maximum Gasteiger partial charge on any atom is 0.344 e. The summed E-state index contributed by atoms with van der Waals surface area (Å²) in [4.78, 5) is 23.8. The van der Waals surface area contributed by atoms with Crippen LogP contribution in [0.5, 0.6) is 0 Å². The van der Waals surface area contributed by atoms with Crippen LogP contribution in [0.3, 0.4) is 0 Å². The second kappa shape index (κ2) is 7.63. The molecule has 0 spiro atoms. The van der Waals surface area contributed by atoms with E-state index in [1.807, 2.05) is 0 Å².